The molecule has 7 heteroatoms. The Bertz CT molecular complexity index is 482. The third kappa shape index (κ3) is 2.88. The predicted octanol–water partition coefficient (Wildman–Crippen LogP) is 2.52. The number of rotatable bonds is 5. The van der Waals surface area contributed by atoms with E-state index in [0.29, 0.717) is 5.75 Å². The highest BCUT2D eigenvalue weighted by Gasteiger charge is 2.26. The fourth-order valence-electron chi connectivity index (χ4n) is 1.19. The van der Waals surface area contributed by atoms with E-state index in [0.717, 1.165) is 0 Å². The lowest BCUT2D eigenvalue weighted by atomic mass is 10.1. The van der Waals surface area contributed by atoms with Gasteiger partial charge in [-0.25, -0.2) is 8.78 Å². The van der Waals surface area contributed by atoms with Crippen molar-refractivity contribution in [3.63, 3.8) is 0 Å². The highest BCUT2D eigenvalue weighted by Crippen LogP contribution is 2.22. The van der Waals surface area contributed by atoms with E-state index in [1.54, 1.807) is 0 Å². The Morgan fingerprint density at radius 2 is 1.89 bits per heavy atom. The fourth-order valence-corrected chi connectivity index (χ4v) is 1.19. The molecule has 0 aromatic heterocycles. The maximum absolute atomic E-state index is 12.1. The molecule has 0 atom stereocenters. The van der Waals surface area contributed by atoms with E-state index in [4.69, 9.17) is 4.74 Å². The summed E-state index contributed by atoms with van der Waals surface area (Å²) in [5.41, 5.74) is -1.19. The first-order valence-electron chi connectivity index (χ1n) is 4.74. The molecule has 0 saturated heterocycles. The number of halogens is 2. The molecule has 0 unspecified atom stereocenters. The molecule has 0 fully saturated rings. The van der Waals surface area contributed by atoms with E-state index >= 15 is 0 Å². The van der Waals surface area contributed by atoms with Crippen molar-refractivity contribution in [1.82, 2.24) is 0 Å². The Balaban J connectivity index is 3.18. The molecule has 5 nitrogen and oxygen atoms in total. The first-order valence-corrected chi connectivity index (χ1v) is 4.74. The van der Waals surface area contributed by atoms with Crippen LogP contribution in [0, 0.1) is 4.91 Å². The maximum Gasteiger partial charge on any atom is 0.302 e. The molecular weight excluding hydrogens is 248 g/mol. The first-order chi connectivity index (χ1) is 8.51. The van der Waals surface area contributed by atoms with Crippen molar-refractivity contribution in [2.75, 3.05) is 7.11 Å². The van der Waals surface area contributed by atoms with Gasteiger partial charge in [0.1, 0.15) is 5.75 Å². The molecule has 1 N–H and O–H groups in total. The zero-order chi connectivity index (χ0) is 13.7. The molecule has 1 aromatic rings. The third-order valence-electron chi connectivity index (χ3n) is 2.11. The summed E-state index contributed by atoms with van der Waals surface area (Å²) >= 11 is 0. The molecule has 0 spiro atoms. The second-order valence-corrected chi connectivity index (χ2v) is 3.18. The molecule has 18 heavy (non-hydrogen) atoms. The quantitative estimate of drug-likeness (QED) is 0.499. The van der Waals surface area contributed by atoms with Crippen LogP contribution in [0.25, 0.3) is 5.76 Å². The van der Waals surface area contributed by atoms with Crippen molar-refractivity contribution in [3.05, 3.63) is 40.4 Å². The Kier molecular flexibility index (Phi) is 4.47. The van der Waals surface area contributed by atoms with Gasteiger partial charge in [-0.3, -0.25) is 4.79 Å². The number of aliphatic hydroxyl groups excluding tert-OH is 1. The van der Waals surface area contributed by atoms with E-state index in [1.807, 2.05) is 0 Å². The van der Waals surface area contributed by atoms with Crippen LogP contribution in [0.4, 0.5) is 8.78 Å². The third-order valence-corrected chi connectivity index (χ3v) is 2.11. The van der Waals surface area contributed by atoms with E-state index in [1.165, 1.54) is 31.4 Å². The van der Waals surface area contributed by atoms with Gasteiger partial charge in [-0.05, 0) is 29.4 Å². The number of hydrogen-bond donors (Lipinski definition) is 1. The molecule has 0 heterocycles. The van der Waals surface area contributed by atoms with Crippen molar-refractivity contribution in [2.24, 2.45) is 5.18 Å². The summed E-state index contributed by atoms with van der Waals surface area (Å²) in [6.45, 7) is 0. The van der Waals surface area contributed by atoms with E-state index in [2.05, 4.69) is 5.18 Å². The molecule has 0 amide bonds. The van der Waals surface area contributed by atoms with Crippen molar-refractivity contribution in [2.45, 2.75) is 6.43 Å². The minimum absolute atomic E-state index is 0.0133. The highest BCUT2D eigenvalue weighted by molar-refractivity contribution is 6.02. The molecule has 0 radical (unpaired) electrons. The summed E-state index contributed by atoms with van der Waals surface area (Å²) in [7, 11) is 1.42. The average Bonchev–Trinajstić information content (AvgIpc) is 2.39. The van der Waals surface area contributed by atoms with Crippen molar-refractivity contribution in [3.8, 4) is 5.75 Å². The standard InChI is InChI=1S/C11H9F2NO4/c1-18-7-4-2-6(3-5-7)9(15)8(14-17)10(16)11(12)13/h2-5,11,15H,1H3/b9-8+. The fraction of sp³-hybridized carbons (Fsp3) is 0.182. The summed E-state index contributed by atoms with van der Waals surface area (Å²) in [4.78, 5) is 21.3. The van der Waals surface area contributed by atoms with Crippen LogP contribution in [0.5, 0.6) is 5.75 Å². The minimum Gasteiger partial charge on any atom is -0.505 e. The van der Waals surface area contributed by atoms with Crippen LogP contribution in [-0.4, -0.2) is 24.4 Å². The van der Waals surface area contributed by atoms with Gasteiger partial charge in [-0.1, -0.05) is 0 Å². The number of benzene rings is 1. The number of hydrogen-bond acceptors (Lipinski definition) is 5. The lowest BCUT2D eigenvalue weighted by Crippen LogP contribution is -2.13. The zero-order valence-electron chi connectivity index (χ0n) is 9.26. The Hall–Kier alpha value is -2.31. The number of carbonyl (C=O) groups excluding carboxylic acids is 1. The molecule has 0 saturated carbocycles. The molecule has 1 aromatic carbocycles. The molecule has 1 rings (SSSR count). The molecule has 0 bridgehead atoms. The average molecular weight is 257 g/mol. The van der Waals surface area contributed by atoms with Gasteiger partial charge in [0.05, 0.1) is 7.11 Å². The zero-order valence-corrected chi connectivity index (χ0v) is 9.26. The smallest absolute Gasteiger partial charge is 0.302 e. The number of nitrogens with zero attached hydrogens (tertiary/aromatic N) is 1. The number of Topliss-reactive ketones (excluding diaryl/α,β-unsaturated/α-hetero) is 1. The van der Waals surface area contributed by atoms with Crippen LogP contribution in [0.1, 0.15) is 5.56 Å². The lowest BCUT2D eigenvalue weighted by Gasteiger charge is -2.04. The summed E-state index contributed by atoms with van der Waals surface area (Å²) < 4.78 is 29.1. The highest BCUT2D eigenvalue weighted by atomic mass is 19.3. The number of ketones is 1. The largest absolute Gasteiger partial charge is 0.505 e. The van der Waals surface area contributed by atoms with Gasteiger partial charge in [0.15, 0.2) is 11.5 Å². The summed E-state index contributed by atoms with van der Waals surface area (Å²) in [5.74, 6) is -2.25. The van der Waals surface area contributed by atoms with Crippen LogP contribution < -0.4 is 4.74 Å². The first kappa shape index (κ1) is 13.8. The van der Waals surface area contributed by atoms with Gasteiger partial charge in [-0.15, -0.1) is 4.91 Å². The van der Waals surface area contributed by atoms with E-state index < -0.39 is 23.7 Å². The van der Waals surface area contributed by atoms with Gasteiger partial charge in [0, 0.05) is 5.56 Å². The number of aliphatic hydroxyl groups is 1. The summed E-state index contributed by atoms with van der Waals surface area (Å²) in [5, 5.41) is 11.7. The second kappa shape index (κ2) is 5.85. The Labute approximate surface area is 101 Å². The van der Waals surface area contributed by atoms with Crippen molar-refractivity contribution in [1.29, 1.82) is 0 Å². The molecule has 0 aliphatic rings. The lowest BCUT2D eigenvalue weighted by molar-refractivity contribution is -0.125. The van der Waals surface area contributed by atoms with Gasteiger partial charge in [0.25, 0.3) is 5.78 Å². The van der Waals surface area contributed by atoms with Crippen molar-refractivity contribution < 1.29 is 23.4 Å². The normalized spacial score (nSPS) is 12.0. The van der Waals surface area contributed by atoms with Crippen molar-refractivity contribution >= 4 is 11.5 Å². The Morgan fingerprint density at radius 3 is 2.28 bits per heavy atom. The molecular formula is C11H9F2NO4. The van der Waals surface area contributed by atoms with Crippen LogP contribution in [0.15, 0.2) is 35.1 Å². The molecule has 0 aliphatic heterocycles. The predicted molar refractivity (Wildman–Crippen MR) is 59.3 cm³/mol. The summed E-state index contributed by atoms with van der Waals surface area (Å²) in [6, 6.07) is 5.47. The van der Waals surface area contributed by atoms with E-state index in [-0.39, 0.29) is 5.56 Å². The van der Waals surface area contributed by atoms with Gasteiger partial charge < -0.3 is 9.84 Å². The number of ether oxygens (including phenoxy) is 1. The van der Waals surface area contributed by atoms with Gasteiger partial charge in [0.2, 0.25) is 0 Å². The monoisotopic (exact) mass is 257 g/mol. The summed E-state index contributed by atoms with van der Waals surface area (Å²) in [6.07, 6.45) is -3.40. The minimum atomic E-state index is -3.40. The van der Waals surface area contributed by atoms with Crippen LogP contribution in [0.3, 0.4) is 0 Å². The van der Waals surface area contributed by atoms with Crippen LogP contribution >= 0.6 is 0 Å². The number of allylic oxidation sites excluding steroid dienone is 1. The number of alkyl halides is 2. The van der Waals surface area contributed by atoms with Crippen LogP contribution in [0.2, 0.25) is 0 Å². The topological polar surface area (TPSA) is 76.0 Å². The SMILES string of the molecule is COc1ccc(/C(O)=C(\N=O)C(=O)C(F)F)cc1. The van der Waals surface area contributed by atoms with Crippen LogP contribution in [-0.2, 0) is 4.79 Å². The Morgan fingerprint density at radius 1 is 1.33 bits per heavy atom. The number of methoxy groups -OCH3 is 1. The maximum atomic E-state index is 12.1. The molecule has 96 valence electrons. The second-order valence-electron chi connectivity index (χ2n) is 3.18. The number of carbonyl (C=O) groups is 1. The molecule has 0 aliphatic carbocycles. The van der Waals surface area contributed by atoms with Gasteiger partial charge >= 0.3 is 6.43 Å². The van der Waals surface area contributed by atoms with E-state index in [9.17, 15) is 23.6 Å². The van der Waals surface area contributed by atoms with Gasteiger partial charge in [-0.2, -0.15) is 0 Å². The number of nitroso groups, excluding NO2 is 1.